The molecule has 1 heterocycles. The smallest absolute Gasteiger partial charge is 0.258 e. The molecule has 0 bridgehead atoms. The van der Waals surface area contributed by atoms with Gasteiger partial charge in [-0.25, -0.2) is 13.8 Å². The van der Waals surface area contributed by atoms with Crippen molar-refractivity contribution in [1.29, 1.82) is 0 Å². The van der Waals surface area contributed by atoms with Crippen LogP contribution in [0, 0.1) is 11.6 Å². The van der Waals surface area contributed by atoms with E-state index in [0.717, 1.165) is 6.07 Å². The van der Waals surface area contributed by atoms with Gasteiger partial charge < -0.3 is 15.4 Å². The number of carbonyl (C=O) groups is 1. The number of rotatable bonds is 4. The number of methoxy groups -OCH3 is 1. The molecule has 5 nitrogen and oxygen atoms in total. The van der Waals surface area contributed by atoms with Crippen LogP contribution in [0.25, 0.3) is 0 Å². The third kappa shape index (κ3) is 3.07. The first-order chi connectivity index (χ1) is 10.1. The zero-order valence-corrected chi connectivity index (χ0v) is 11.4. The van der Waals surface area contributed by atoms with Crippen LogP contribution in [0.1, 0.15) is 10.4 Å². The summed E-state index contributed by atoms with van der Waals surface area (Å²) >= 11 is 0. The van der Waals surface area contributed by atoms with Crippen molar-refractivity contribution in [3.63, 3.8) is 0 Å². The molecular formula is C14H13F2N3O2. The summed E-state index contributed by atoms with van der Waals surface area (Å²) in [7, 11) is 2.90. The summed E-state index contributed by atoms with van der Waals surface area (Å²) < 4.78 is 32.6. The molecule has 110 valence electrons. The average molecular weight is 293 g/mol. The molecule has 0 radical (unpaired) electrons. The van der Waals surface area contributed by atoms with Crippen LogP contribution in [-0.4, -0.2) is 25.0 Å². The fourth-order valence-corrected chi connectivity index (χ4v) is 1.71. The number of ether oxygens (including phenoxy) is 1. The van der Waals surface area contributed by atoms with Gasteiger partial charge in [0.2, 0.25) is 0 Å². The number of nitrogens with one attached hydrogen (secondary N) is 2. The minimum Gasteiger partial charge on any atom is -0.497 e. The minimum atomic E-state index is -0.805. The van der Waals surface area contributed by atoms with E-state index in [4.69, 9.17) is 4.74 Å². The van der Waals surface area contributed by atoms with Gasteiger partial charge in [-0.05, 0) is 18.2 Å². The van der Waals surface area contributed by atoms with Gasteiger partial charge in [-0.3, -0.25) is 4.79 Å². The van der Waals surface area contributed by atoms with Crippen LogP contribution < -0.4 is 15.4 Å². The van der Waals surface area contributed by atoms with E-state index < -0.39 is 17.5 Å². The maximum absolute atomic E-state index is 14.0. The molecule has 21 heavy (non-hydrogen) atoms. The summed E-state index contributed by atoms with van der Waals surface area (Å²) in [5, 5.41) is 4.83. The second-order valence-corrected chi connectivity index (χ2v) is 4.07. The van der Waals surface area contributed by atoms with Crippen LogP contribution in [0.3, 0.4) is 0 Å². The quantitative estimate of drug-likeness (QED) is 0.909. The molecule has 0 spiro atoms. The van der Waals surface area contributed by atoms with Crippen LogP contribution >= 0.6 is 0 Å². The Balaban J connectivity index is 2.30. The highest BCUT2D eigenvalue weighted by Gasteiger charge is 2.17. The first-order valence-electron chi connectivity index (χ1n) is 6.04. The lowest BCUT2D eigenvalue weighted by Gasteiger charge is -2.10. The number of pyridine rings is 1. The van der Waals surface area contributed by atoms with E-state index in [1.165, 1.54) is 38.6 Å². The highest BCUT2D eigenvalue weighted by molar-refractivity contribution is 6.05. The van der Waals surface area contributed by atoms with E-state index in [1.54, 1.807) is 0 Å². The standard InChI is InChI=1S/C14H13F2N3O2/c1-17-13-12(16)9(5-6-18-13)14(20)19-11-7-8(21-2)3-4-10(11)15/h3-7H,1-2H3,(H,17,18)(H,19,20). The number of hydrogen-bond acceptors (Lipinski definition) is 4. The maximum Gasteiger partial charge on any atom is 0.258 e. The first-order valence-corrected chi connectivity index (χ1v) is 6.04. The van der Waals surface area contributed by atoms with Crippen molar-refractivity contribution in [2.45, 2.75) is 0 Å². The van der Waals surface area contributed by atoms with Gasteiger partial charge in [0.15, 0.2) is 11.6 Å². The van der Waals surface area contributed by atoms with Crippen molar-refractivity contribution in [2.24, 2.45) is 0 Å². The summed E-state index contributed by atoms with van der Waals surface area (Å²) in [5.74, 6) is -1.92. The molecular weight excluding hydrogens is 280 g/mol. The number of benzene rings is 1. The van der Waals surface area contributed by atoms with E-state index in [-0.39, 0.29) is 17.1 Å². The van der Waals surface area contributed by atoms with Crippen molar-refractivity contribution >= 4 is 17.4 Å². The second-order valence-electron chi connectivity index (χ2n) is 4.07. The summed E-state index contributed by atoms with van der Waals surface area (Å²) in [5.41, 5.74) is -0.335. The molecule has 0 saturated heterocycles. The largest absolute Gasteiger partial charge is 0.497 e. The van der Waals surface area contributed by atoms with Gasteiger partial charge in [0, 0.05) is 19.3 Å². The van der Waals surface area contributed by atoms with Gasteiger partial charge >= 0.3 is 0 Å². The van der Waals surface area contributed by atoms with Crippen LogP contribution in [0.5, 0.6) is 5.75 Å². The Labute approximate surface area is 120 Å². The zero-order valence-electron chi connectivity index (χ0n) is 11.4. The first kappa shape index (κ1) is 14.7. The third-order valence-corrected chi connectivity index (χ3v) is 2.79. The average Bonchev–Trinajstić information content (AvgIpc) is 2.49. The van der Waals surface area contributed by atoms with Gasteiger partial charge in [-0.1, -0.05) is 0 Å². The number of aromatic nitrogens is 1. The number of amides is 1. The lowest BCUT2D eigenvalue weighted by molar-refractivity contribution is 0.102. The Kier molecular flexibility index (Phi) is 4.32. The molecule has 0 unspecified atom stereocenters. The molecule has 2 aromatic rings. The number of halogens is 2. The zero-order chi connectivity index (χ0) is 15.4. The van der Waals surface area contributed by atoms with E-state index in [0.29, 0.717) is 5.75 Å². The molecule has 2 rings (SSSR count). The lowest BCUT2D eigenvalue weighted by atomic mass is 10.2. The van der Waals surface area contributed by atoms with Crippen molar-refractivity contribution in [1.82, 2.24) is 4.98 Å². The number of hydrogen-bond donors (Lipinski definition) is 2. The monoisotopic (exact) mass is 293 g/mol. The molecule has 0 fully saturated rings. The van der Waals surface area contributed by atoms with Crippen LogP contribution in [0.4, 0.5) is 20.3 Å². The molecule has 0 aliphatic carbocycles. The fraction of sp³-hybridized carbons (Fsp3) is 0.143. The molecule has 7 heteroatoms. The predicted molar refractivity (Wildman–Crippen MR) is 74.6 cm³/mol. The third-order valence-electron chi connectivity index (χ3n) is 2.79. The molecule has 0 aliphatic rings. The maximum atomic E-state index is 14.0. The fourth-order valence-electron chi connectivity index (χ4n) is 1.71. The number of anilines is 2. The molecule has 0 aliphatic heterocycles. The summed E-state index contributed by atoms with van der Waals surface area (Å²) in [6.07, 6.45) is 1.28. The van der Waals surface area contributed by atoms with Crippen molar-refractivity contribution in [3.05, 3.63) is 47.7 Å². The summed E-state index contributed by atoms with van der Waals surface area (Å²) in [6, 6.07) is 5.09. The molecule has 1 aromatic heterocycles. The van der Waals surface area contributed by atoms with Crippen LogP contribution in [0.15, 0.2) is 30.5 Å². The Morgan fingerprint density at radius 3 is 2.71 bits per heavy atom. The van der Waals surface area contributed by atoms with Crippen LogP contribution in [0.2, 0.25) is 0 Å². The van der Waals surface area contributed by atoms with Crippen LogP contribution in [-0.2, 0) is 0 Å². The van der Waals surface area contributed by atoms with Crippen molar-refractivity contribution in [2.75, 3.05) is 24.8 Å². The van der Waals surface area contributed by atoms with Crippen molar-refractivity contribution in [3.8, 4) is 5.75 Å². The van der Waals surface area contributed by atoms with Gasteiger partial charge in [0.25, 0.3) is 5.91 Å². The van der Waals surface area contributed by atoms with E-state index >= 15 is 0 Å². The van der Waals surface area contributed by atoms with E-state index in [2.05, 4.69) is 15.6 Å². The van der Waals surface area contributed by atoms with Gasteiger partial charge in [-0.2, -0.15) is 0 Å². The lowest BCUT2D eigenvalue weighted by Crippen LogP contribution is -2.16. The van der Waals surface area contributed by atoms with Gasteiger partial charge in [-0.15, -0.1) is 0 Å². The SMILES string of the molecule is CNc1nccc(C(=O)Nc2cc(OC)ccc2F)c1F. The highest BCUT2D eigenvalue weighted by Crippen LogP contribution is 2.22. The molecule has 1 aromatic carbocycles. The Morgan fingerprint density at radius 2 is 2.05 bits per heavy atom. The van der Waals surface area contributed by atoms with E-state index in [1.807, 2.05) is 0 Å². The number of nitrogens with zero attached hydrogens (tertiary/aromatic N) is 1. The number of carbonyl (C=O) groups excluding carboxylic acids is 1. The highest BCUT2D eigenvalue weighted by atomic mass is 19.1. The molecule has 0 saturated carbocycles. The van der Waals surface area contributed by atoms with Gasteiger partial charge in [0.05, 0.1) is 18.4 Å². The summed E-state index contributed by atoms with van der Waals surface area (Å²) in [6.45, 7) is 0. The molecule has 1 amide bonds. The van der Waals surface area contributed by atoms with Crippen molar-refractivity contribution < 1.29 is 18.3 Å². The van der Waals surface area contributed by atoms with E-state index in [9.17, 15) is 13.6 Å². The van der Waals surface area contributed by atoms with Gasteiger partial charge in [0.1, 0.15) is 11.6 Å². The second kappa shape index (κ2) is 6.17. The predicted octanol–water partition coefficient (Wildman–Crippen LogP) is 2.66. The Hall–Kier alpha value is -2.70. The Bertz CT molecular complexity index is 677. The summed E-state index contributed by atoms with van der Waals surface area (Å²) in [4.78, 5) is 15.8. The topological polar surface area (TPSA) is 63.2 Å². The molecule has 0 atom stereocenters. The minimum absolute atomic E-state index is 0.0613. The molecule has 2 N–H and O–H groups in total. The normalized spacial score (nSPS) is 10.1. The Morgan fingerprint density at radius 1 is 1.29 bits per heavy atom.